The molecule has 136 valence electrons. The standard InChI is InChI=1S/C23H23N3O/c1-2-17-8-3-5-11-20(17)25-23(27)19-13-14-24-22(16-19)26-15-7-10-18-9-4-6-12-21(18)26/h3-6,8-9,11-14,16H,2,7,10,15H2,1H3,(H,25,27). The zero-order chi connectivity index (χ0) is 18.6. The van der Waals surface area contributed by atoms with Crippen molar-refractivity contribution in [2.75, 3.05) is 16.8 Å². The molecule has 0 saturated carbocycles. The van der Waals surface area contributed by atoms with E-state index in [4.69, 9.17) is 0 Å². The summed E-state index contributed by atoms with van der Waals surface area (Å²) in [5.41, 5.74) is 5.13. The number of amides is 1. The van der Waals surface area contributed by atoms with E-state index in [-0.39, 0.29) is 5.91 Å². The van der Waals surface area contributed by atoms with Crippen molar-refractivity contribution in [1.82, 2.24) is 4.98 Å². The molecule has 1 N–H and O–H groups in total. The van der Waals surface area contributed by atoms with Crippen LogP contribution in [0.3, 0.4) is 0 Å². The summed E-state index contributed by atoms with van der Waals surface area (Å²) in [4.78, 5) is 19.5. The zero-order valence-electron chi connectivity index (χ0n) is 15.5. The van der Waals surface area contributed by atoms with E-state index in [0.717, 1.165) is 42.9 Å². The van der Waals surface area contributed by atoms with Crippen LogP contribution in [0.1, 0.15) is 34.8 Å². The molecule has 2 aromatic carbocycles. The Labute approximate surface area is 159 Å². The van der Waals surface area contributed by atoms with Crippen LogP contribution in [0, 0.1) is 0 Å². The molecule has 4 heteroatoms. The van der Waals surface area contributed by atoms with Gasteiger partial charge in [-0.15, -0.1) is 0 Å². The van der Waals surface area contributed by atoms with Crippen LogP contribution in [0.4, 0.5) is 17.2 Å². The molecule has 1 aromatic heterocycles. The van der Waals surface area contributed by atoms with Crippen LogP contribution in [-0.4, -0.2) is 17.4 Å². The lowest BCUT2D eigenvalue weighted by atomic mass is 10.0. The van der Waals surface area contributed by atoms with E-state index >= 15 is 0 Å². The molecule has 1 amide bonds. The lowest BCUT2D eigenvalue weighted by molar-refractivity contribution is 0.102. The van der Waals surface area contributed by atoms with Crippen molar-refractivity contribution in [3.05, 3.63) is 83.6 Å². The molecule has 0 atom stereocenters. The summed E-state index contributed by atoms with van der Waals surface area (Å²) in [6.07, 6.45) is 4.76. The van der Waals surface area contributed by atoms with Gasteiger partial charge in [0.05, 0.1) is 0 Å². The number of carbonyl (C=O) groups excluding carboxylic acids is 1. The number of hydrogen-bond acceptors (Lipinski definition) is 3. The lowest BCUT2D eigenvalue weighted by Gasteiger charge is -2.30. The number of benzene rings is 2. The number of pyridine rings is 1. The van der Waals surface area contributed by atoms with Crippen molar-refractivity contribution in [2.24, 2.45) is 0 Å². The first-order valence-electron chi connectivity index (χ1n) is 9.47. The number of nitrogens with one attached hydrogen (secondary N) is 1. The fourth-order valence-electron chi connectivity index (χ4n) is 3.62. The summed E-state index contributed by atoms with van der Waals surface area (Å²) < 4.78 is 0. The first-order valence-corrected chi connectivity index (χ1v) is 9.47. The fraction of sp³-hybridized carbons (Fsp3) is 0.217. The Morgan fingerprint density at radius 2 is 1.93 bits per heavy atom. The highest BCUT2D eigenvalue weighted by Gasteiger charge is 2.19. The average molecular weight is 357 g/mol. The van der Waals surface area contributed by atoms with Gasteiger partial charge in [0, 0.05) is 29.7 Å². The van der Waals surface area contributed by atoms with Gasteiger partial charge in [-0.3, -0.25) is 4.79 Å². The summed E-state index contributed by atoms with van der Waals surface area (Å²) in [7, 11) is 0. The Bertz CT molecular complexity index is 967. The molecule has 0 unspecified atom stereocenters. The van der Waals surface area contributed by atoms with E-state index in [0.29, 0.717) is 5.56 Å². The van der Waals surface area contributed by atoms with E-state index in [1.807, 2.05) is 30.3 Å². The van der Waals surface area contributed by atoms with Gasteiger partial charge >= 0.3 is 0 Å². The third-order valence-electron chi connectivity index (χ3n) is 5.04. The molecule has 0 fully saturated rings. The average Bonchev–Trinajstić information content (AvgIpc) is 2.74. The van der Waals surface area contributed by atoms with Crippen molar-refractivity contribution >= 4 is 23.1 Å². The second-order valence-corrected chi connectivity index (χ2v) is 6.75. The minimum atomic E-state index is -0.107. The predicted molar refractivity (Wildman–Crippen MR) is 110 cm³/mol. The molecule has 0 saturated heterocycles. The molecule has 0 spiro atoms. The van der Waals surface area contributed by atoms with Gasteiger partial charge < -0.3 is 10.2 Å². The number of para-hydroxylation sites is 2. The summed E-state index contributed by atoms with van der Waals surface area (Å²) in [6.45, 7) is 3.00. The number of rotatable bonds is 4. The van der Waals surface area contributed by atoms with Crippen LogP contribution in [0.15, 0.2) is 66.9 Å². The Morgan fingerprint density at radius 1 is 1.11 bits per heavy atom. The molecule has 27 heavy (non-hydrogen) atoms. The summed E-state index contributed by atoms with van der Waals surface area (Å²) in [5, 5.41) is 3.04. The molecule has 3 aromatic rings. The smallest absolute Gasteiger partial charge is 0.255 e. The second-order valence-electron chi connectivity index (χ2n) is 6.75. The van der Waals surface area contributed by atoms with E-state index in [1.165, 1.54) is 11.3 Å². The van der Waals surface area contributed by atoms with Crippen molar-refractivity contribution < 1.29 is 4.79 Å². The number of carbonyl (C=O) groups is 1. The van der Waals surface area contributed by atoms with Gasteiger partial charge in [-0.25, -0.2) is 4.98 Å². The highest BCUT2D eigenvalue weighted by Crippen LogP contribution is 2.32. The minimum absolute atomic E-state index is 0.107. The molecule has 2 heterocycles. The lowest BCUT2D eigenvalue weighted by Crippen LogP contribution is -2.25. The predicted octanol–water partition coefficient (Wildman–Crippen LogP) is 4.98. The topological polar surface area (TPSA) is 45.2 Å². The maximum Gasteiger partial charge on any atom is 0.255 e. The highest BCUT2D eigenvalue weighted by atomic mass is 16.1. The number of hydrogen-bond donors (Lipinski definition) is 1. The van der Waals surface area contributed by atoms with Crippen LogP contribution in [-0.2, 0) is 12.8 Å². The molecule has 4 nitrogen and oxygen atoms in total. The zero-order valence-corrected chi connectivity index (χ0v) is 15.5. The van der Waals surface area contributed by atoms with E-state index in [9.17, 15) is 4.79 Å². The second kappa shape index (κ2) is 7.62. The number of fused-ring (bicyclic) bond motifs is 1. The third-order valence-corrected chi connectivity index (χ3v) is 5.04. The fourth-order valence-corrected chi connectivity index (χ4v) is 3.62. The monoisotopic (exact) mass is 357 g/mol. The summed E-state index contributed by atoms with van der Waals surface area (Å²) in [6, 6.07) is 20.0. The maximum absolute atomic E-state index is 12.8. The molecule has 4 rings (SSSR count). The largest absolute Gasteiger partial charge is 0.326 e. The van der Waals surface area contributed by atoms with Crippen molar-refractivity contribution in [3.8, 4) is 0 Å². The number of anilines is 3. The normalized spacial score (nSPS) is 13.1. The van der Waals surface area contributed by atoms with Crippen LogP contribution >= 0.6 is 0 Å². The van der Waals surface area contributed by atoms with Gasteiger partial charge in [-0.2, -0.15) is 0 Å². The quantitative estimate of drug-likeness (QED) is 0.716. The van der Waals surface area contributed by atoms with Gasteiger partial charge in [-0.05, 0) is 54.7 Å². The van der Waals surface area contributed by atoms with E-state index in [2.05, 4.69) is 46.4 Å². The maximum atomic E-state index is 12.8. The number of aromatic nitrogens is 1. The van der Waals surface area contributed by atoms with Crippen LogP contribution in [0.2, 0.25) is 0 Å². The Kier molecular flexibility index (Phi) is 4.88. The van der Waals surface area contributed by atoms with Crippen LogP contribution in [0.5, 0.6) is 0 Å². The van der Waals surface area contributed by atoms with Crippen molar-refractivity contribution in [3.63, 3.8) is 0 Å². The molecule has 1 aliphatic rings. The van der Waals surface area contributed by atoms with Crippen molar-refractivity contribution in [1.29, 1.82) is 0 Å². The van der Waals surface area contributed by atoms with Crippen LogP contribution in [0.25, 0.3) is 0 Å². The third kappa shape index (κ3) is 3.56. The SMILES string of the molecule is CCc1ccccc1NC(=O)c1ccnc(N2CCCc3ccccc32)c1. The first kappa shape index (κ1) is 17.3. The number of nitrogens with zero attached hydrogens (tertiary/aromatic N) is 2. The summed E-state index contributed by atoms with van der Waals surface area (Å²) >= 11 is 0. The van der Waals surface area contributed by atoms with Gasteiger partial charge in [-0.1, -0.05) is 43.3 Å². The van der Waals surface area contributed by atoms with Crippen molar-refractivity contribution in [2.45, 2.75) is 26.2 Å². The van der Waals surface area contributed by atoms with Gasteiger partial charge in [0.1, 0.15) is 5.82 Å². The Morgan fingerprint density at radius 3 is 2.81 bits per heavy atom. The molecule has 0 bridgehead atoms. The molecular weight excluding hydrogens is 334 g/mol. The first-order chi connectivity index (χ1) is 13.3. The molecule has 1 aliphatic heterocycles. The molecular formula is C23H23N3O. The highest BCUT2D eigenvalue weighted by molar-refractivity contribution is 6.05. The summed E-state index contributed by atoms with van der Waals surface area (Å²) in [5.74, 6) is 0.712. The van der Waals surface area contributed by atoms with Gasteiger partial charge in [0.25, 0.3) is 5.91 Å². The van der Waals surface area contributed by atoms with Crippen LogP contribution < -0.4 is 10.2 Å². The minimum Gasteiger partial charge on any atom is -0.326 e. The number of aryl methyl sites for hydroxylation is 2. The Hall–Kier alpha value is -3.14. The Balaban J connectivity index is 1.61. The van der Waals surface area contributed by atoms with E-state index in [1.54, 1.807) is 12.3 Å². The van der Waals surface area contributed by atoms with Gasteiger partial charge in [0.2, 0.25) is 0 Å². The van der Waals surface area contributed by atoms with E-state index < -0.39 is 0 Å². The molecule has 0 radical (unpaired) electrons. The van der Waals surface area contributed by atoms with Gasteiger partial charge in [0.15, 0.2) is 0 Å². The molecule has 0 aliphatic carbocycles.